The Morgan fingerprint density at radius 1 is 1.38 bits per heavy atom. The highest BCUT2D eigenvalue weighted by molar-refractivity contribution is 7.80. The number of benzene rings is 1. The topological polar surface area (TPSA) is 63.3 Å². The van der Waals surface area contributed by atoms with Crippen molar-refractivity contribution < 1.29 is 9.90 Å². The highest BCUT2D eigenvalue weighted by Crippen LogP contribution is 2.22. The van der Waals surface area contributed by atoms with Crippen molar-refractivity contribution in [2.75, 3.05) is 0 Å². The first-order valence-electron chi connectivity index (χ1n) is 3.84. The number of carboxylic acids is 1. The zero-order valence-electron chi connectivity index (χ0n) is 6.92. The molecule has 1 aromatic rings. The molecule has 0 fully saturated rings. The second-order valence-electron chi connectivity index (χ2n) is 2.72. The van der Waals surface area contributed by atoms with E-state index in [1.54, 1.807) is 12.1 Å². The van der Waals surface area contributed by atoms with Gasteiger partial charge in [-0.05, 0) is 5.56 Å². The molecule has 0 saturated carbocycles. The van der Waals surface area contributed by atoms with Crippen molar-refractivity contribution in [3.05, 3.63) is 35.9 Å². The molecule has 0 saturated heterocycles. The Morgan fingerprint density at radius 2 is 1.92 bits per heavy atom. The van der Waals surface area contributed by atoms with E-state index in [9.17, 15) is 4.79 Å². The largest absolute Gasteiger partial charge is 0.480 e. The summed E-state index contributed by atoms with van der Waals surface area (Å²) in [6, 6.07) is 8.16. The summed E-state index contributed by atoms with van der Waals surface area (Å²) in [5.41, 5.74) is 6.24. The van der Waals surface area contributed by atoms with E-state index >= 15 is 0 Å². The van der Waals surface area contributed by atoms with Gasteiger partial charge in [0.25, 0.3) is 0 Å². The number of carbonyl (C=O) groups is 1. The SMILES string of the molecule is NC(C(=O)O)C(S)c1ccccc1. The zero-order valence-corrected chi connectivity index (χ0v) is 7.82. The van der Waals surface area contributed by atoms with E-state index in [0.29, 0.717) is 0 Å². The minimum absolute atomic E-state index is 0.460. The third-order valence-electron chi connectivity index (χ3n) is 1.77. The molecule has 0 bridgehead atoms. The average Bonchev–Trinajstić information content (AvgIpc) is 2.17. The van der Waals surface area contributed by atoms with Gasteiger partial charge in [-0.3, -0.25) is 4.79 Å². The van der Waals surface area contributed by atoms with E-state index in [0.717, 1.165) is 5.56 Å². The van der Waals surface area contributed by atoms with Crippen LogP contribution in [0, 0.1) is 0 Å². The molecule has 0 aliphatic carbocycles. The summed E-state index contributed by atoms with van der Waals surface area (Å²) in [5, 5.41) is 8.18. The first-order chi connectivity index (χ1) is 6.13. The van der Waals surface area contributed by atoms with E-state index in [1.165, 1.54) is 0 Å². The van der Waals surface area contributed by atoms with E-state index in [2.05, 4.69) is 12.6 Å². The van der Waals surface area contributed by atoms with Crippen molar-refractivity contribution in [1.29, 1.82) is 0 Å². The maximum absolute atomic E-state index is 10.5. The summed E-state index contributed by atoms with van der Waals surface area (Å²) in [6.45, 7) is 0. The molecule has 0 heterocycles. The van der Waals surface area contributed by atoms with Gasteiger partial charge in [-0.2, -0.15) is 12.6 Å². The van der Waals surface area contributed by atoms with Gasteiger partial charge in [0, 0.05) is 0 Å². The van der Waals surface area contributed by atoms with Crippen molar-refractivity contribution in [2.24, 2.45) is 5.73 Å². The molecule has 0 aliphatic rings. The minimum Gasteiger partial charge on any atom is -0.480 e. The molecule has 3 nitrogen and oxygen atoms in total. The van der Waals surface area contributed by atoms with Gasteiger partial charge < -0.3 is 10.8 Å². The molecule has 3 N–H and O–H groups in total. The predicted molar refractivity (Wildman–Crippen MR) is 53.8 cm³/mol. The third kappa shape index (κ3) is 2.47. The van der Waals surface area contributed by atoms with E-state index in [4.69, 9.17) is 10.8 Å². The van der Waals surface area contributed by atoms with Crippen LogP contribution in [0.4, 0.5) is 0 Å². The predicted octanol–water partition coefficient (Wildman–Crippen LogP) is 1.07. The minimum atomic E-state index is -1.04. The molecular formula is C9H11NO2S. The van der Waals surface area contributed by atoms with Gasteiger partial charge in [0.15, 0.2) is 0 Å². The van der Waals surface area contributed by atoms with Crippen LogP contribution in [-0.4, -0.2) is 17.1 Å². The molecule has 1 rings (SSSR count). The second kappa shape index (κ2) is 4.30. The van der Waals surface area contributed by atoms with Gasteiger partial charge in [-0.15, -0.1) is 0 Å². The fourth-order valence-electron chi connectivity index (χ4n) is 0.993. The second-order valence-corrected chi connectivity index (χ2v) is 3.28. The first-order valence-corrected chi connectivity index (χ1v) is 4.36. The Kier molecular flexibility index (Phi) is 3.33. The molecule has 13 heavy (non-hydrogen) atoms. The van der Waals surface area contributed by atoms with Gasteiger partial charge in [-0.25, -0.2) is 0 Å². The zero-order chi connectivity index (χ0) is 9.84. The van der Waals surface area contributed by atoms with Gasteiger partial charge in [0.1, 0.15) is 6.04 Å². The van der Waals surface area contributed by atoms with Crippen LogP contribution in [0.15, 0.2) is 30.3 Å². The lowest BCUT2D eigenvalue weighted by Gasteiger charge is -2.14. The summed E-state index contributed by atoms with van der Waals surface area (Å²) in [4.78, 5) is 10.5. The number of nitrogens with two attached hydrogens (primary N) is 1. The Hall–Kier alpha value is -1.00. The Labute approximate surface area is 82.0 Å². The lowest BCUT2D eigenvalue weighted by Crippen LogP contribution is -2.34. The molecule has 0 aromatic heterocycles. The van der Waals surface area contributed by atoms with Crippen LogP contribution in [0.3, 0.4) is 0 Å². The molecular weight excluding hydrogens is 186 g/mol. The third-order valence-corrected chi connectivity index (χ3v) is 2.39. The molecule has 2 atom stereocenters. The quantitative estimate of drug-likeness (QED) is 0.635. The standard InChI is InChI=1S/C9H11NO2S/c10-7(9(11)12)8(13)6-4-2-1-3-5-6/h1-5,7-8,13H,10H2,(H,11,12). The smallest absolute Gasteiger partial charge is 0.321 e. The molecule has 70 valence electrons. The summed E-state index contributed by atoms with van der Waals surface area (Å²) < 4.78 is 0. The van der Waals surface area contributed by atoms with Gasteiger partial charge in [0.2, 0.25) is 0 Å². The lowest BCUT2D eigenvalue weighted by atomic mass is 10.1. The first kappa shape index (κ1) is 10.1. The van der Waals surface area contributed by atoms with E-state index in [-0.39, 0.29) is 0 Å². The molecule has 0 spiro atoms. The van der Waals surface area contributed by atoms with Crippen LogP contribution in [0.2, 0.25) is 0 Å². The number of aliphatic carboxylic acids is 1. The van der Waals surface area contributed by atoms with Crippen LogP contribution in [-0.2, 0) is 4.79 Å². The maximum Gasteiger partial charge on any atom is 0.321 e. The van der Waals surface area contributed by atoms with E-state index in [1.807, 2.05) is 18.2 Å². The number of rotatable bonds is 3. The fraction of sp³-hybridized carbons (Fsp3) is 0.222. The maximum atomic E-state index is 10.5. The van der Waals surface area contributed by atoms with Crippen molar-refractivity contribution in [3.63, 3.8) is 0 Å². The average molecular weight is 197 g/mol. The van der Waals surface area contributed by atoms with Gasteiger partial charge in [-0.1, -0.05) is 30.3 Å². The summed E-state index contributed by atoms with van der Waals surface area (Å²) in [5.74, 6) is -1.04. The fourth-order valence-corrected chi connectivity index (χ4v) is 1.29. The molecule has 0 aliphatic heterocycles. The summed E-state index contributed by atoms with van der Waals surface area (Å²) >= 11 is 4.15. The molecule has 0 radical (unpaired) electrons. The Bertz CT molecular complexity index is 289. The van der Waals surface area contributed by atoms with E-state index < -0.39 is 17.3 Å². The Balaban J connectivity index is 2.79. The molecule has 2 unspecified atom stereocenters. The Morgan fingerprint density at radius 3 is 2.38 bits per heavy atom. The van der Waals surface area contributed by atoms with Crippen LogP contribution in [0.1, 0.15) is 10.8 Å². The monoisotopic (exact) mass is 197 g/mol. The molecule has 4 heteroatoms. The van der Waals surface area contributed by atoms with Crippen molar-refractivity contribution in [3.8, 4) is 0 Å². The van der Waals surface area contributed by atoms with Crippen LogP contribution < -0.4 is 5.73 Å². The number of hydrogen-bond donors (Lipinski definition) is 3. The van der Waals surface area contributed by atoms with Crippen LogP contribution in [0.25, 0.3) is 0 Å². The summed E-state index contributed by atoms with van der Waals surface area (Å²) in [6.07, 6.45) is 0. The highest BCUT2D eigenvalue weighted by atomic mass is 32.1. The van der Waals surface area contributed by atoms with Crippen molar-refractivity contribution in [2.45, 2.75) is 11.3 Å². The van der Waals surface area contributed by atoms with Crippen LogP contribution >= 0.6 is 12.6 Å². The normalized spacial score (nSPS) is 14.9. The van der Waals surface area contributed by atoms with Gasteiger partial charge in [0.05, 0.1) is 5.25 Å². The summed E-state index contributed by atoms with van der Waals surface area (Å²) in [7, 11) is 0. The van der Waals surface area contributed by atoms with Crippen molar-refractivity contribution >= 4 is 18.6 Å². The molecule has 1 aromatic carbocycles. The van der Waals surface area contributed by atoms with Crippen LogP contribution in [0.5, 0.6) is 0 Å². The number of thiol groups is 1. The van der Waals surface area contributed by atoms with Crippen molar-refractivity contribution in [1.82, 2.24) is 0 Å². The number of hydrogen-bond acceptors (Lipinski definition) is 3. The lowest BCUT2D eigenvalue weighted by molar-refractivity contribution is -0.138. The molecule has 0 amide bonds. The number of carboxylic acid groups (broad SMARTS) is 1. The highest BCUT2D eigenvalue weighted by Gasteiger charge is 2.21. The van der Waals surface area contributed by atoms with Gasteiger partial charge >= 0.3 is 5.97 Å².